The molecule has 2 N–H and O–H groups in total. The van der Waals surface area contributed by atoms with E-state index in [0.29, 0.717) is 6.54 Å². The monoisotopic (exact) mass is 291 g/mol. The molecule has 1 aliphatic rings. The lowest BCUT2D eigenvalue weighted by atomic mass is 9.87. The highest BCUT2D eigenvalue weighted by molar-refractivity contribution is 5.38. The molecule has 3 heteroatoms. The lowest BCUT2D eigenvalue weighted by Crippen LogP contribution is -2.25. The predicted molar refractivity (Wildman–Crippen MR) is 86.8 cm³/mol. The smallest absolute Gasteiger partial charge is 0.124 e. The van der Waals surface area contributed by atoms with Crippen LogP contribution in [0.15, 0.2) is 18.2 Å². The van der Waals surface area contributed by atoms with E-state index in [4.69, 9.17) is 4.74 Å². The van der Waals surface area contributed by atoms with Crippen molar-refractivity contribution in [3.63, 3.8) is 0 Å². The molecule has 0 bridgehead atoms. The van der Waals surface area contributed by atoms with Crippen LogP contribution in [0.2, 0.25) is 0 Å². The zero-order chi connectivity index (χ0) is 15.1. The van der Waals surface area contributed by atoms with Crippen LogP contribution in [-0.4, -0.2) is 25.3 Å². The van der Waals surface area contributed by atoms with Crippen LogP contribution >= 0.6 is 0 Å². The third-order valence-corrected chi connectivity index (χ3v) is 4.54. The van der Waals surface area contributed by atoms with Crippen LogP contribution in [0.5, 0.6) is 5.75 Å². The summed E-state index contributed by atoms with van der Waals surface area (Å²) < 4.78 is 5.34. The van der Waals surface area contributed by atoms with Crippen molar-refractivity contribution in [1.29, 1.82) is 0 Å². The summed E-state index contributed by atoms with van der Waals surface area (Å²) in [6.45, 7) is 3.62. The van der Waals surface area contributed by atoms with Gasteiger partial charge in [0.2, 0.25) is 0 Å². The number of aliphatic hydroxyl groups is 1. The zero-order valence-corrected chi connectivity index (χ0v) is 13.4. The second-order valence-electron chi connectivity index (χ2n) is 6.26. The minimum absolute atomic E-state index is 0.508. The first-order chi connectivity index (χ1) is 10.2. The standard InChI is InChI=1S/C18H29NO2/c1-14-8-9-18(21-2)16(12-14)17(20)13-19-11-10-15-6-4-3-5-7-15/h8-9,12,15,17,19-20H,3-7,10-11,13H2,1-2H3. The lowest BCUT2D eigenvalue weighted by Gasteiger charge is -2.22. The van der Waals surface area contributed by atoms with Gasteiger partial charge >= 0.3 is 0 Å². The van der Waals surface area contributed by atoms with Crippen LogP contribution in [0, 0.1) is 12.8 Å². The molecular formula is C18H29NO2. The fourth-order valence-electron chi connectivity index (χ4n) is 3.24. The molecule has 2 rings (SSSR count). The first kappa shape index (κ1) is 16.3. The first-order valence-electron chi connectivity index (χ1n) is 8.24. The largest absolute Gasteiger partial charge is 0.496 e. The summed E-state index contributed by atoms with van der Waals surface area (Å²) in [4.78, 5) is 0. The summed E-state index contributed by atoms with van der Waals surface area (Å²) in [6, 6.07) is 5.94. The van der Waals surface area contributed by atoms with Crippen LogP contribution in [0.25, 0.3) is 0 Å². The molecule has 0 aromatic heterocycles. The maximum absolute atomic E-state index is 10.4. The SMILES string of the molecule is COc1ccc(C)cc1C(O)CNCCC1CCCCC1. The van der Waals surface area contributed by atoms with E-state index in [1.165, 1.54) is 38.5 Å². The Morgan fingerprint density at radius 2 is 2.05 bits per heavy atom. The molecule has 1 fully saturated rings. The van der Waals surface area contributed by atoms with Crippen molar-refractivity contribution in [2.75, 3.05) is 20.2 Å². The number of hydrogen-bond acceptors (Lipinski definition) is 3. The van der Waals surface area contributed by atoms with Crippen LogP contribution in [0.1, 0.15) is 55.8 Å². The molecule has 0 spiro atoms. The zero-order valence-electron chi connectivity index (χ0n) is 13.4. The number of aliphatic hydroxyl groups excluding tert-OH is 1. The summed E-state index contributed by atoms with van der Waals surface area (Å²) in [6.07, 6.45) is 7.70. The van der Waals surface area contributed by atoms with Gasteiger partial charge in [-0.05, 0) is 37.9 Å². The third kappa shape index (κ3) is 5.01. The molecular weight excluding hydrogens is 262 g/mol. The Hall–Kier alpha value is -1.06. The number of aryl methyl sites for hydroxylation is 1. The van der Waals surface area contributed by atoms with Crippen molar-refractivity contribution in [3.8, 4) is 5.75 Å². The Labute approximate surface area is 128 Å². The van der Waals surface area contributed by atoms with Gasteiger partial charge in [0.1, 0.15) is 5.75 Å². The van der Waals surface area contributed by atoms with Gasteiger partial charge in [-0.25, -0.2) is 0 Å². The van der Waals surface area contributed by atoms with Gasteiger partial charge in [-0.2, -0.15) is 0 Å². The van der Waals surface area contributed by atoms with Gasteiger partial charge in [0.15, 0.2) is 0 Å². The molecule has 118 valence electrons. The van der Waals surface area contributed by atoms with Crippen molar-refractivity contribution in [3.05, 3.63) is 29.3 Å². The van der Waals surface area contributed by atoms with Gasteiger partial charge in [0.05, 0.1) is 13.2 Å². The fourth-order valence-corrected chi connectivity index (χ4v) is 3.24. The Morgan fingerprint density at radius 3 is 2.76 bits per heavy atom. The van der Waals surface area contributed by atoms with Gasteiger partial charge in [-0.3, -0.25) is 0 Å². The molecule has 3 nitrogen and oxygen atoms in total. The van der Waals surface area contributed by atoms with E-state index in [-0.39, 0.29) is 0 Å². The van der Waals surface area contributed by atoms with E-state index in [1.807, 2.05) is 25.1 Å². The third-order valence-electron chi connectivity index (χ3n) is 4.54. The molecule has 1 unspecified atom stereocenters. The average Bonchev–Trinajstić information content (AvgIpc) is 2.52. The Kier molecular flexibility index (Phi) is 6.52. The van der Waals surface area contributed by atoms with E-state index in [9.17, 15) is 5.11 Å². The van der Waals surface area contributed by atoms with E-state index in [1.54, 1.807) is 7.11 Å². The molecule has 0 heterocycles. The highest BCUT2D eigenvalue weighted by Crippen LogP contribution is 2.27. The Morgan fingerprint density at radius 1 is 1.29 bits per heavy atom. The number of rotatable bonds is 7. The fraction of sp³-hybridized carbons (Fsp3) is 0.667. The average molecular weight is 291 g/mol. The normalized spacial score (nSPS) is 17.7. The van der Waals surface area contributed by atoms with Crippen molar-refractivity contribution in [1.82, 2.24) is 5.32 Å². The van der Waals surface area contributed by atoms with Crippen LogP contribution in [0.4, 0.5) is 0 Å². The molecule has 0 saturated heterocycles. The highest BCUT2D eigenvalue weighted by Gasteiger charge is 2.15. The van der Waals surface area contributed by atoms with E-state index >= 15 is 0 Å². The number of hydrogen-bond donors (Lipinski definition) is 2. The number of methoxy groups -OCH3 is 1. The second kappa shape index (κ2) is 8.40. The van der Waals surface area contributed by atoms with Crippen molar-refractivity contribution in [2.24, 2.45) is 5.92 Å². The molecule has 1 aromatic rings. The summed E-state index contributed by atoms with van der Waals surface area (Å²) >= 11 is 0. The summed E-state index contributed by atoms with van der Waals surface area (Å²) in [5, 5.41) is 13.7. The van der Waals surface area contributed by atoms with Crippen LogP contribution < -0.4 is 10.1 Å². The van der Waals surface area contributed by atoms with Gasteiger partial charge < -0.3 is 15.2 Å². The van der Waals surface area contributed by atoms with E-state index in [2.05, 4.69) is 5.32 Å². The molecule has 1 aliphatic carbocycles. The quantitative estimate of drug-likeness (QED) is 0.754. The Balaban J connectivity index is 1.76. The molecule has 0 radical (unpaired) electrons. The van der Waals surface area contributed by atoms with Gasteiger partial charge in [-0.15, -0.1) is 0 Å². The van der Waals surface area contributed by atoms with E-state index < -0.39 is 6.10 Å². The van der Waals surface area contributed by atoms with Crippen LogP contribution in [0.3, 0.4) is 0 Å². The minimum Gasteiger partial charge on any atom is -0.496 e. The van der Waals surface area contributed by atoms with Crippen LogP contribution in [-0.2, 0) is 0 Å². The van der Waals surface area contributed by atoms with Crippen molar-refractivity contribution >= 4 is 0 Å². The molecule has 1 saturated carbocycles. The lowest BCUT2D eigenvalue weighted by molar-refractivity contribution is 0.169. The van der Waals surface area contributed by atoms with Crippen molar-refractivity contribution < 1.29 is 9.84 Å². The topological polar surface area (TPSA) is 41.5 Å². The maximum atomic E-state index is 10.4. The molecule has 21 heavy (non-hydrogen) atoms. The van der Waals surface area contributed by atoms with Crippen molar-refractivity contribution in [2.45, 2.75) is 51.6 Å². The Bertz CT molecular complexity index is 427. The summed E-state index contributed by atoms with van der Waals surface area (Å²) in [7, 11) is 1.65. The number of nitrogens with one attached hydrogen (secondary N) is 1. The highest BCUT2D eigenvalue weighted by atomic mass is 16.5. The molecule has 0 amide bonds. The maximum Gasteiger partial charge on any atom is 0.124 e. The van der Waals surface area contributed by atoms with Gasteiger partial charge in [0, 0.05) is 12.1 Å². The summed E-state index contributed by atoms with van der Waals surface area (Å²) in [5.41, 5.74) is 2.02. The van der Waals surface area contributed by atoms with E-state index in [0.717, 1.165) is 29.3 Å². The molecule has 1 aromatic carbocycles. The van der Waals surface area contributed by atoms with Gasteiger partial charge in [-0.1, -0.05) is 43.7 Å². The minimum atomic E-state index is -0.508. The second-order valence-corrected chi connectivity index (χ2v) is 6.26. The molecule has 0 aliphatic heterocycles. The number of ether oxygens (including phenoxy) is 1. The summed E-state index contributed by atoms with van der Waals surface area (Å²) in [5.74, 6) is 1.65. The number of benzene rings is 1. The molecule has 1 atom stereocenters. The van der Waals surface area contributed by atoms with Gasteiger partial charge in [0.25, 0.3) is 0 Å². The predicted octanol–water partition coefficient (Wildman–Crippen LogP) is 3.60. The first-order valence-corrected chi connectivity index (χ1v) is 8.24.